The van der Waals surface area contributed by atoms with E-state index in [1.54, 1.807) is 12.1 Å². The molecule has 4 nitrogen and oxygen atoms in total. The highest BCUT2D eigenvalue weighted by Gasteiger charge is 2.23. The van der Waals surface area contributed by atoms with Gasteiger partial charge in [-0.15, -0.1) is 0 Å². The van der Waals surface area contributed by atoms with Crippen LogP contribution in [0.15, 0.2) is 24.3 Å². The molecule has 0 bridgehead atoms. The Hall–Kier alpha value is -1.55. The summed E-state index contributed by atoms with van der Waals surface area (Å²) < 4.78 is 0. The molecule has 1 N–H and O–H groups in total. The van der Waals surface area contributed by atoms with Crippen LogP contribution in [-0.4, -0.2) is 17.9 Å². The maximum absolute atomic E-state index is 12.4. The zero-order valence-electron chi connectivity index (χ0n) is 12.5. The van der Waals surface area contributed by atoms with E-state index in [-0.39, 0.29) is 18.4 Å². The van der Waals surface area contributed by atoms with Crippen molar-refractivity contribution in [3.05, 3.63) is 34.9 Å². The molecule has 0 heterocycles. The first-order chi connectivity index (χ1) is 10.5. The summed E-state index contributed by atoms with van der Waals surface area (Å²) in [6, 6.07) is 7.30. The molecule has 1 amide bonds. The lowest BCUT2D eigenvalue weighted by molar-refractivity contribution is -0.306. The first-order valence-corrected chi connectivity index (χ1v) is 8.17. The Morgan fingerprint density at radius 2 is 1.82 bits per heavy atom. The number of hydrogen-bond acceptors (Lipinski definition) is 3. The van der Waals surface area contributed by atoms with Crippen molar-refractivity contribution >= 4 is 23.5 Å². The van der Waals surface area contributed by atoms with E-state index in [4.69, 9.17) is 11.6 Å². The standard InChI is InChI=1S/C17H22ClNO3/c18-14-8-6-12(7-9-14)10-13(11-16(20)21)17(22)19-15-4-2-1-3-5-15/h6-9,13,15H,1-5,10-11H2,(H,19,22)(H,20,21)/p-1/t13-/m1/s1. The SMILES string of the molecule is O=C([O-])C[C@@H](Cc1ccc(Cl)cc1)C(=O)NC1CCCCC1. The number of carbonyl (C=O) groups is 2. The highest BCUT2D eigenvalue weighted by atomic mass is 35.5. The van der Waals surface area contributed by atoms with Crippen molar-refractivity contribution in [2.24, 2.45) is 5.92 Å². The van der Waals surface area contributed by atoms with Gasteiger partial charge in [0.2, 0.25) is 5.91 Å². The Labute approximate surface area is 135 Å². The van der Waals surface area contributed by atoms with Crippen LogP contribution in [0.2, 0.25) is 5.02 Å². The summed E-state index contributed by atoms with van der Waals surface area (Å²) >= 11 is 5.84. The van der Waals surface area contributed by atoms with Gasteiger partial charge in [0.05, 0.1) is 0 Å². The van der Waals surface area contributed by atoms with Crippen LogP contribution in [0, 0.1) is 5.92 Å². The van der Waals surface area contributed by atoms with Crippen LogP contribution in [0.1, 0.15) is 44.1 Å². The molecule has 1 aromatic carbocycles. The van der Waals surface area contributed by atoms with Gasteiger partial charge in [-0.25, -0.2) is 0 Å². The van der Waals surface area contributed by atoms with E-state index in [1.807, 2.05) is 12.1 Å². The average Bonchev–Trinajstić information content (AvgIpc) is 2.49. The van der Waals surface area contributed by atoms with Gasteiger partial charge >= 0.3 is 0 Å². The van der Waals surface area contributed by atoms with Crippen molar-refractivity contribution < 1.29 is 14.7 Å². The molecule has 1 aliphatic carbocycles. The van der Waals surface area contributed by atoms with Crippen LogP contribution in [-0.2, 0) is 16.0 Å². The lowest BCUT2D eigenvalue weighted by atomic mass is 9.92. The average molecular weight is 323 g/mol. The summed E-state index contributed by atoms with van der Waals surface area (Å²) in [6.45, 7) is 0. The molecule has 1 fully saturated rings. The molecular formula is C17H21ClNO3-. The number of carboxylic acid groups (broad SMARTS) is 1. The molecule has 120 valence electrons. The minimum atomic E-state index is -1.20. The lowest BCUT2D eigenvalue weighted by Gasteiger charge is -2.26. The predicted octanol–water partition coefficient (Wildman–Crippen LogP) is 2.09. The van der Waals surface area contributed by atoms with Gasteiger partial charge in [-0.3, -0.25) is 4.79 Å². The van der Waals surface area contributed by atoms with Crippen molar-refractivity contribution in [1.29, 1.82) is 0 Å². The van der Waals surface area contributed by atoms with E-state index >= 15 is 0 Å². The molecular weight excluding hydrogens is 302 g/mol. The minimum Gasteiger partial charge on any atom is -0.550 e. The second kappa shape index (κ2) is 8.18. The smallest absolute Gasteiger partial charge is 0.224 e. The maximum atomic E-state index is 12.4. The Bertz CT molecular complexity index is 509. The van der Waals surface area contributed by atoms with Gasteiger partial charge in [0, 0.05) is 23.0 Å². The molecule has 0 aromatic heterocycles. The van der Waals surface area contributed by atoms with Crippen LogP contribution in [0.25, 0.3) is 0 Å². The fraction of sp³-hybridized carbons (Fsp3) is 0.529. The molecule has 1 aliphatic rings. The molecule has 0 spiro atoms. The Morgan fingerprint density at radius 1 is 1.18 bits per heavy atom. The normalized spacial score (nSPS) is 17.0. The molecule has 0 radical (unpaired) electrons. The monoisotopic (exact) mass is 322 g/mol. The van der Waals surface area contributed by atoms with Crippen molar-refractivity contribution in [3.8, 4) is 0 Å². The van der Waals surface area contributed by atoms with Gasteiger partial charge in [-0.1, -0.05) is 43.0 Å². The van der Waals surface area contributed by atoms with Gasteiger partial charge in [0.25, 0.3) is 0 Å². The Morgan fingerprint density at radius 3 is 2.41 bits per heavy atom. The van der Waals surface area contributed by atoms with Gasteiger partial charge < -0.3 is 15.2 Å². The van der Waals surface area contributed by atoms with Crippen molar-refractivity contribution in [2.75, 3.05) is 0 Å². The molecule has 0 unspecified atom stereocenters. The molecule has 1 atom stereocenters. The number of amides is 1. The van der Waals surface area contributed by atoms with Crippen LogP contribution in [0.4, 0.5) is 0 Å². The third-order valence-corrected chi connectivity index (χ3v) is 4.38. The number of aliphatic carboxylic acids is 1. The fourth-order valence-corrected chi connectivity index (χ4v) is 3.06. The van der Waals surface area contributed by atoms with E-state index in [2.05, 4.69) is 5.32 Å². The minimum absolute atomic E-state index is 0.177. The quantitative estimate of drug-likeness (QED) is 0.872. The largest absolute Gasteiger partial charge is 0.550 e. The number of rotatable bonds is 6. The van der Waals surface area contributed by atoms with Crippen molar-refractivity contribution in [1.82, 2.24) is 5.32 Å². The van der Waals surface area contributed by atoms with E-state index in [0.717, 1.165) is 31.2 Å². The maximum Gasteiger partial charge on any atom is 0.224 e. The zero-order chi connectivity index (χ0) is 15.9. The fourth-order valence-electron chi connectivity index (χ4n) is 2.93. The Balaban J connectivity index is 1.99. The molecule has 0 saturated heterocycles. The molecule has 0 aliphatic heterocycles. The van der Waals surface area contributed by atoms with Gasteiger partial charge in [-0.05, 0) is 43.4 Å². The van der Waals surface area contributed by atoms with Crippen LogP contribution in [0.5, 0.6) is 0 Å². The first-order valence-electron chi connectivity index (χ1n) is 7.79. The number of halogens is 1. The third-order valence-electron chi connectivity index (χ3n) is 4.13. The van der Waals surface area contributed by atoms with Gasteiger partial charge in [0.1, 0.15) is 0 Å². The van der Waals surface area contributed by atoms with Crippen LogP contribution >= 0.6 is 11.6 Å². The molecule has 1 aromatic rings. The van der Waals surface area contributed by atoms with E-state index in [1.165, 1.54) is 6.42 Å². The first kappa shape index (κ1) is 16.8. The molecule has 1 saturated carbocycles. The van der Waals surface area contributed by atoms with Crippen LogP contribution < -0.4 is 10.4 Å². The second-order valence-corrected chi connectivity index (χ2v) is 6.38. The summed E-state index contributed by atoms with van der Waals surface area (Å²) in [7, 11) is 0. The van der Waals surface area contributed by atoms with Crippen molar-refractivity contribution in [2.45, 2.75) is 51.0 Å². The molecule has 5 heteroatoms. The van der Waals surface area contributed by atoms with E-state index < -0.39 is 11.9 Å². The Kier molecular flexibility index (Phi) is 6.25. The summed E-state index contributed by atoms with van der Waals surface area (Å²) in [6.07, 6.45) is 5.51. The highest BCUT2D eigenvalue weighted by Crippen LogP contribution is 2.20. The van der Waals surface area contributed by atoms with Gasteiger partial charge in [-0.2, -0.15) is 0 Å². The van der Waals surface area contributed by atoms with Gasteiger partial charge in [0.15, 0.2) is 0 Å². The molecule has 2 rings (SSSR count). The number of carbonyl (C=O) groups excluding carboxylic acids is 2. The number of nitrogens with one attached hydrogen (secondary N) is 1. The van der Waals surface area contributed by atoms with Crippen LogP contribution in [0.3, 0.4) is 0 Å². The zero-order valence-corrected chi connectivity index (χ0v) is 13.3. The second-order valence-electron chi connectivity index (χ2n) is 5.95. The van der Waals surface area contributed by atoms with E-state index in [9.17, 15) is 14.7 Å². The van der Waals surface area contributed by atoms with Crippen molar-refractivity contribution in [3.63, 3.8) is 0 Å². The third kappa shape index (κ3) is 5.34. The summed E-state index contributed by atoms with van der Waals surface area (Å²) in [4.78, 5) is 23.3. The summed E-state index contributed by atoms with van der Waals surface area (Å²) in [5.41, 5.74) is 0.898. The van der Waals surface area contributed by atoms with E-state index in [0.29, 0.717) is 11.4 Å². The summed E-state index contributed by atoms with van der Waals surface area (Å²) in [5, 5.41) is 14.6. The number of hydrogen-bond donors (Lipinski definition) is 1. The topological polar surface area (TPSA) is 69.2 Å². The highest BCUT2D eigenvalue weighted by molar-refractivity contribution is 6.30. The predicted molar refractivity (Wildman–Crippen MR) is 83.3 cm³/mol. The molecule has 22 heavy (non-hydrogen) atoms. The number of carboxylic acids is 1. The lowest BCUT2D eigenvalue weighted by Crippen LogP contribution is -2.42. The summed E-state index contributed by atoms with van der Waals surface area (Å²) in [5.74, 6) is -1.99. The number of benzene rings is 1.